The highest BCUT2D eigenvalue weighted by Gasteiger charge is 2.08. The maximum absolute atomic E-state index is 4.46. The molecule has 0 saturated heterocycles. The zero-order valence-corrected chi connectivity index (χ0v) is 11.6. The van der Waals surface area contributed by atoms with E-state index in [0.29, 0.717) is 0 Å². The molecular formula is C15H21N3. The summed E-state index contributed by atoms with van der Waals surface area (Å²) in [5.41, 5.74) is 6.38. The molecule has 0 radical (unpaired) electrons. The van der Waals surface area contributed by atoms with Crippen LogP contribution in [0.15, 0.2) is 24.4 Å². The molecule has 18 heavy (non-hydrogen) atoms. The minimum atomic E-state index is 0.910. The van der Waals surface area contributed by atoms with Crippen LogP contribution in [0, 0.1) is 20.8 Å². The molecule has 0 aliphatic heterocycles. The predicted octanol–water partition coefficient (Wildman–Crippen LogP) is 2.69. The van der Waals surface area contributed by atoms with E-state index in [9.17, 15) is 0 Å². The number of nitrogens with zero attached hydrogens (tertiary/aromatic N) is 2. The lowest BCUT2D eigenvalue weighted by Gasteiger charge is -2.07. The second kappa shape index (κ2) is 5.36. The van der Waals surface area contributed by atoms with Crippen LogP contribution in [0.25, 0.3) is 11.1 Å². The Bertz CT molecular complexity index is 541. The number of rotatable bonds is 4. The van der Waals surface area contributed by atoms with Crippen LogP contribution in [-0.4, -0.2) is 23.4 Å². The summed E-state index contributed by atoms with van der Waals surface area (Å²) in [6.45, 7) is 8.27. The Morgan fingerprint density at radius 3 is 2.61 bits per heavy atom. The molecule has 0 bridgehead atoms. The zero-order valence-electron chi connectivity index (χ0n) is 11.6. The molecule has 0 amide bonds. The van der Waals surface area contributed by atoms with Gasteiger partial charge in [0.25, 0.3) is 0 Å². The minimum absolute atomic E-state index is 0.910. The fourth-order valence-corrected chi connectivity index (χ4v) is 2.08. The number of hydrogen-bond donors (Lipinski definition) is 1. The third kappa shape index (κ3) is 2.46. The van der Waals surface area contributed by atoms with Crippen molar-refractivity contribution in [3.8, 4) is 11.1 Å². The second-order valence-corrected chi connectivity index (χ2v) is 4.77. The molecule has 2 rings (SSSR count). The summed E-state index contributed by atoms with van der Waals surface area (Å²) in [5, 5.41) is 7.61. The van der Waals surface area contributed by atoms with Gasteiger partial charge in [-0.25, -0.2) is 0 Å². The van der Waals surface area contributed by atoms with Gasteiger partial charge in [0.1, 0.15) is 0 Å². The van der Waals surface area contributed by atoms with Gasteiger partial charge in [-0.2, -0.15) is 5.10 Å². The first-order valence-corrected chi connectivity index (χ1v) is 6.38. The topological polar surface area (TPSA) is 29.9 Å². The summed E-state index contributed by atoms with van der Waals surface area (Å²) in [5.74, 6) is 0. The van der Waals surface area contributed by atoms with E-state index in [1.165, 1.54) is 27.9 Å². The maximum Gasteiger partial charge on any atom is 0.0571 e. The monoisotopic (exact) mass is 243 g/mol. The van der Waals surface area contributed by atoms with Crippen molar-refractivity contribution in [2.45, 2.75) is 27.3 Å². The lowest BCUT2D eigenvalue weighted by Crippen LogP contribution is -2.16. The molecule has 1 aromatic heterocycles. The van der Waals surface area contributed by atoms with E-state index in [-0.39, 0.29) is 0 Å². The number of likely N-dealkylation sites (N-methyl/N-ethyl adjacent to an activating group) is 1. The number of nitrogens with one attached hydrogen (secondary N) is 1. The Balaban J connectivity index is 2.33. The van der Waals surface area contributed by atoms with Gasteiger partial charge in [0.15, 0.2) is 0 Å². The highest BCUT2D eigenvalue weighted by molar-refractivity contribution is 5.66. The molecule has 0 spiro atoms. The van der Waals surface area contributed by atoms with Crippen molar-refractivity contribution in [1.29, 1.82) is 0 Å². The smallest absolute Gasteiger partial charge is 0.0571 e. The average Bonchev–Trinajstić information content (AvgIpc) is 2.72. The van der Waals surface area contributed by atoms with Gasteiger partial charge in [0.2, 0.25) is 0 Å². The molecule has 3 nitrogen and oxygen atoms in total. The molecular weight excluding hydrogens is 222 g/mol. The molecule has 1 N–H and O–H groups in total. The molecule has 3 heteroatoms. The zero-order chi connectivity index (χ0) is 13.1. The summed E-state index contributed by atoms with van der Waals surface area (Å²) in [4.78, 5) is 0. The Labute approximate surface area is 109 Å². The molecule has 0 fully saturated rings. The van der Waals surface area contributed by atoms with Crippen molar-refractivity contribution in [2.24, 2.45) is 0 Å². The molecule has 1 aromatic carbocycles. The van der Waals surface area contributed by atoms with Gasteiger partial charge in [-0.3, -0.25) is 4.68 Å². The number of hydrogen-bond acceptors (Lipinski definition) is 2. The fourth-order valence-electron chi connectivity index (χ4n) is 2.08. The molecule has 96 valence electrons. The van der Waals surface area contributed by atoms with E-state index in [1.54, 1.807) is 0 Å². The molecule has 2 aromatic rings. The van der Waals surface area contributed by atoms with Gasteiger partial charge in [-0.1, -0.05) is 18.2 Å². The molecule has 0 atom stereocenters. The van der Waals surface area contributed by atoms with Crippen molar-refractivity contribution in [1.82, 2.24) is 15.1 Å². The SMILES string of the molecule is CNCCn1ncc(-c2ccc(C)c(C)c2)c1C. The molecule has 0 saturated carbocycles. The van der Waals surface area contributed by atoms with Crippen molar-refractivity contribution in [2.75, 3.05) is 13.6 Å². The van der Waals surface area contributed by atoms with Gasteiger partial charge >= 0.3 is 0 Å². The van der Waals surface area contributed by atoms with E-state index < -0.39 is 0 Å². The quantitative estimate of drug-likeness (QED) is 0.894. The maximum atomic E-state index is 4.46. The summed E-state index contributed by atoms with van der Waals surface area (Å²) in [7, 11) is 1.96. The number of benzene rings is 1. The van der Waals surface area contributed by atoms with Crippen LogP contribution in [0.4, 0.5) is 0 Å². The lowest BCUT2D eigenvalue weighted by molar-refractivity contribution is 0.572. The van der Waals surface area contributed by atoms with Crippen LogP contribution >= 0.6 is 0 Å². The van der Waals surface area contributed by atoms with E-state index >= 15 is 0 Å². The van der Waals surface area contributed by atoms with E-state index in [1.807, 2.05) is 13.2 Å². The molecule has 1 heterocycles. The van der Waals surface area contributed by atoms with Gasteiger partial charge in [0, 0.05) is 17.8 Å². The first kappa shape index (κ1) is 12.8. The number of aromatic nitrogens is 2. The third-order valence-electron chi connectivity index (χ3n) is 3.49. The highest BCUT2D eigenvalue weighted by atomic mass is 15.3. The van der Waals surface area contributed by atoms with Crippen molar-refractivity contribution in [3.05, 3.63) is 41.2 Å². The molecule has 0 unspecified atom stereocenters. The van der Waals surface area contributed by atoms with Crippen molar-refractivity contribution in [3.63, 3.8) is 0 Å². The normalized spacial score (nSPS) is 10.9. The van der Waals surface area contributed by atoms with E-state index in [4.69, 9.17) is 0 Å². The Morgan fingerprint density at radius 2 is 1.94 bits per heavy atom. The molecule has 0 aliphatic carbocycles. The third-order valence-corrected chi connectivity index (χ3v) is 3.49. The van der Waals surface area contributed by atoms with Gasteiger partial charge in [-0.05, 0) is 44.5 Å². The number of aryl methyl sites for hydroxylation is 2. The van der Waals surface area contributed by atoms with Crippen LogP contribution in [-0.2, 0) is 6.54 Å². The summed E-state index contributed by atoms with van der Waals surface area (Å²) in [6.07, 6.45) is 1.97. The van der Waals surface area contributed by atoms with Gasteiger partial charge in [-0.15, -0.1) is 0 Å². The summed E-state index contributed by atoms with van der Waals surface area (Å²) in [6, 6.07) is 6.59. The van der Waals surface area contributed by atoms with Crippen LogP contribution in [0.3, 0.4) is 0 Å². The largest absolute Gasteiger partial charge is 0.318 e. The highest BCUT2D eigenvalue weighted by Crippen LogP contribution is 2.25. The predicted molar refractivity (Wildman–Crippen MR) is 75.8 cm³/mol. The van der Waals surface area contributed by atoms with Crippen LogP contribution in [0.2, 0.25) is 0 Å². The first-order valence-electron chi connectivity index (χ1n) is 6.38. The van der Waals surface area contributed by atoms with Crippen LogP contribution < -0.4 is 5.32 Å². The average molecular weight is 243 g/mol. The lowest BCUT2D eigenvalue weighted by atomic mass is 10.0. The fraction of sp³-hybridized carbons (Fsp3) is 0.400. The summed E-state index contributed by atoms with van der Waals surface area (Å²) < 4.78 is 2.06. The Hall–Kier alpha value is -1.61. The minimum Gasteiger partial charge on any atom is -0.318 e. The van der Waals surface area contributed by atoms with Gasteiger partial charge in [0.05, 0.1) is 12.7 Å². The Morgan fingerprint density at radius 1 is 1.17 bits per heavy atom. The standard InChI is InChI=1S/C15H21N3/c1-11-5-6-14(9-12(11)2)15-10-17-18(13(15)3)8-7-16-4/h5-6,9-10,16H,7-8H2,1-4H3. The first-order chi connectivity index (χ1) is 8.63. The van der Waals surface area contributed by atoms with Crippen molar-refractivity contribution >= 4 is 0 Å². The molecule has 0 aliphatic rings. The summed E-state index contributed by atoms with van der Waals surface area (Å²) >= 11 is 0. The van der Waals surface area contributed by atoms with E-state index in [2.05, 4.69) is 54.1 Å². The van der Waals surface area contributed by atoms with Crippen LogP contribution in [0.1, 0.15) is 16.8 Å². The second-order valence-electron chi connectivity index (χ2n) is 4.77. The van der Waals surface area contributed by atoms with Gasteiger partial charge < -0.3 is 5.32 Å². The Kier molecular flexibility index (Phi) is 3.82. The van der Waals surface area contributed by atoms with Crippen LogP contribution in [0.5, 0.6) is 0 Å². The van der Waals surface area contributed by atoms with E-state index in [0.717, 1.165) is 13.1 Å². The van der Waals surface area contributed by atoms with Crippen molar-refractivity contribution < 1.29 is 0 Å².